The van der Waals surface area contributed by atoms with Crippen LogP contribution in [0, 0.1) is 11.8 Å². The average molecular weight is 831 g/mol. The molecule has 16 heteroatoms. The first-order chi connectivity index (χ1) is 27.2. The molecule has 1 saturated carbocycles. The van der Waals surface area contributed by atoms with Crippen molar-refractivity contribution in [3.05, 3.63) is 35.9 Å². The molecule has 2 saturated heterocycles. The zero-order valence-corrected chi connectivity index (χ0v) is 35.9. The summed E-state index contributed by atoms with van der Waals surface area (Å²) < 4.78 is 5.00. The van der Waals surface area contributed by atoms with Crippen LogP contribution in [0.1, 0.15) is 104 Å². The number of thioether (sulfide) groups is 2. The fraction of sp³-hybridized carbons (Fsp3) is 0.683. The van der Waals surface area contributed by atoms with Gasteiger partial charge < -0.3 is 35.8 Å². The Kier molecular flexibility index (Phi) is 17.6. The van der Waals surface area contributed by atoms with Gasteiger partial charge in [-0.25, -0.2) is 4.79 Å². The summed E-state index contributed by atoms with van der Waals surface area (Å²) in [6.45, 7) is 9.32. The Hall–Kier alpha value is -3.79. The van der Waals surface area contributed by atoms with Gasteiger partial charge in [0.2, 0.25) is 29.4 Å². The zero-order valence-electron chi connectivity index (χ0n) is 34.3. The van der Waals surface area contributed by atoms with E-state index in [0.29, 0.717) is 24.9 Å². The summed E-state index contributed by atoms with van der Waals surface area (Å²) >= 11 is 3.46. The van der Waals surface area contributed by atoms with Crippen molar-refractivity contribution in [3.63, 3.8) is 0 Å². The average Bonchev–Trinajstić information content (AvgIpc) is 3.58. The number of ketones is 1. The monoisotopic (exact) mass is 830 g/mol. The molecule has 4 unspecified atom stereocenters. The summed E-state index contributed by atoms with van der Waals surface area (Å²) in [4.78, 5) is 98.2. The van der Waals surface area contributed by atoms with Crippen LogP contribution in [0.25, 0.3) is 0 Å². The SMILES string of the molecule is CCCC(NC(=O)C1CC2(CN1C(=O)C(NC(=O)OCC(C)C)C1CCCCC1)SCCCS2)C(=O)C(=O)NCC(=O)NC(C(=O)N(C)C(C)C)c1ccccc1. The van der Waals surface area contributed by atoms with E-state index in [1.165, 1.54) is 4.90 Å². The van der Waals surface area contributed by atoms with Crippen molar-refractivity contribution < 1.29 is 38.3 Å². The Balaban J connectivity index is 1.47. The number of hydrogen-bond donors (Lipinski definition) is 4. The summed E-state index contributed by atoms with van der Waals surface area (Å²) in [5, 5.41) is 10.7. The van der Waals surface area contributed by atoms with Gasteiger partial charge in [-0.1, -0.05) is 76.8 Å². The minimum absolute atomic E-state index is 0.114. The first kappa shape index (κ1) is 45.9. The highest BCUT2D eigenvalue weighted by molar-refractivity contribution is 8.18. The second kappa shape index (κ2) is 21.8. The van der Waals surface area contributed by atoms with E-state index in [9.17, 15) is 33.6 Å². The van der Waals surface area contributed by atoms with Gasteiger partial charge in [-0.3, -0.25) is 28.8 Å². The highest BCUT2D eigenvalue weighted by atomic mass is 32.2. The van der Waals surface area contributed by atoms with Crippen molar-refractivity contribution in [2.45, 2.75) is 127 Å². The van der Waals surface area contributed by atoms with Gasteiger partial charge in [0.1, 0.15) is 18.1 Å². The van der Waals surface area contributed by atoms with Crippen molar-refractivity contribution in [2.24, 2.45) is 11.8 Å². The van der Waals surface area contributed by atoms with Crippen LogP contribution in [0.3, 0.4) is 0 Å². The second-order valence-corrected chi connectivity index (χ2v) is 19.2. The summed E-state index contributed by atoms with van der Waals surface area (Å²) in [7, 11) is 1.64. The van der Waals surface area contributed by atoms with Crippen LogP contribution in [-0.4, -0.2) is 118 Å². The number of rotatable bonds is 17. The van der Waals surface area contributed by atoms with Crippen LogP contribution < -0.4 is 21.3 Å². The van der Waals surface area contributed by atoms with Crippen molar-refractivity contribution in [1.82, 2.24) is 31.1 Å². The number of carbonyl (C=O) groups excluding carboxylic acids is 7. The topological polar surface area (TPSA) is 183 Å². The number of alkyl carbamates (subject to hydrolysis) is 1. The minimum atomic E-state index is -1.21. The van der Waals surface area contributed by atoms with E-state index in [2.05, 4.69) is 21.3 Å². The van der Waals surface area contributed by atoms with Crippen molar-refractivity contribution in [1.29, 1.82) is 0 Å². The maximum absolute atomic E-state index is 14.6. The molecule has 4 rings (SSSR count). The fourth-order valence-corrected chi connectivity index (χ4v) is 10.8. The largest absolute Gasteiger partial charge is 0.449 e. The standard InChI is InChI=1S/C41H62N6O8S2/c1-7-15-30(35(49)37(51)42-23-32(48)44-33(28-16-10-8-11-17-28)38(52)46(6)27(4)5)43-36(50)31-22-41(56-20-14-21-57-41)25-47(31)39(53)34(29-18-12-9-13-19-29)45-40(54)55-24-26(2)3/h8,10-11,16-17,26-27,29-31,33-34H,7,9,12-15,18-25H2,1-6H3,(H,42,51)(H,43,50)(H,44,48)(H,45,54). The molecular weight excluding hydrogens is 769 g/mol. The molecule has 14 nitrogen and oxygen atoms in total. The molecule has 1 spiro atoms. The smallest absolute Gasteiger partial charge is 0.407 e. The first-order valence-corrected chi connectivity index (χ1v) is 22.4. The highest BCUT2D eigenvalue weighted by Crippen LogP contribution is 2.50. The van der Waals surface area contributed by atoms with Crippen LogP contribution in [-0.2, 0) is 33.5 Å². The number of amides is 6. The van der Waals surface area contributed by atoms with E-state index >= 15 is 0 Å². The van der Waals surface area contributed by atoms with Gasteiger partial charge in [0.25, 0.3) is 5.91 Å². The number of nitrogens with zero attached hydrogens (tertiary/aromatic N) is 2. The predicted molar refractivity (Wildman–Crippen MR) is 222 cm³/mol. The van der Waals surface area contributed by atoms with Crippen LogP contribution in [0.2, 0.25) is 0 Å². The predicted octanol–water partition coefficient (Wildman–Crippen LogP) is 4.18. The molecule has 2 heterocycles. The molecular formula is C41H62N6O8S2. The quantitative estimate of drug-likeness (QED) is 0.166. The van der Waals surface area contributed by atoms with Crippen LogP contribution in [0.5, 0.6) is 0 Å². The maximum Gasteiger partial charge on any atom is 0.407 e. The summed E-state index contributed by atoms with van der Waals surface area (Å²) in [5.41, 5.74) is 0.564. The highest BCUT2D eigenvalue weighted by Gasteiger charge is 2.52. The molecule has 3 fully saturated rings. The molecule has 6 amide bonds. The first-order valence-electron chi connectivity index (χ1n) is 20.4. The fourth-order valence-electron chi connectivity index (χ4n) is 7.40. The van der Waals surface area contributed by atoms with E-state index < -0.39 is 64.4 Å². The molecule has 1 aliphatic carbocycles. The van der Waals surface area contributed by atoms with E-state index in [1.807, 2.05) is 34.6 Å². The van der Waals surface area contributed by atoms with Gasteiger partial charge in [-0.15, -0.1) is 23.5 Å². The third-order valence-corrected chi connectivity index (χ3v) is 14.1. The molecule has 3 aliphatic rings. The molecule has 316 valence electrons. The Morgan fingerprint density at radius 3 is 2.19 bits per heavy atom. The molecule has 0 bridgehead atoms. The lowest BCUT2D eigenvalue weighted by Gasteiger charge is -2.35. The van der Waals surface area contributed by atoms with E-state index in [4.69, 9.17) is 4.74 Å². The van der Waals surface area contributed by atoms with Gasteiger partial charge in [-0.2, -0.15) is 0 Å². The van der Waals surface area contributed by atoms with Gasteiger partial charge in [0.05, 0.1) is 23.3 Å². The number of likely N-dealkylation sites (N-methyl/N-ethyl adjacent to an activating group) is 1. The number of benzene rings is 1. The molecule has 4 N–H and O–H groups in total. The van der Waals surface area contributed by atoms with Crippen molar-refractivity contribution >= 4 is 64.9 Å². The Bertz CT molecular complexity index is 1570. The summed E-state index contributed by atoms with van der Waals surface area (Å²) in [6, 6.07) is 4.59. The maximum atomic E-state index is 14.6. The number of nitrogens with one attached hydrogen (secondary N) is 4. The number of ether oxygens (including phenoxy) is 1. The van der Waals surface area contributed by atoms with Crippen molar-refractivity contribution in [2.75, 3.05) is 38.2 Å². The number of likely N-dealkylation sites (tertiary alicyclic amines) is 1. The van der Waals surface area contributed by atoms with Crippen molar-refractivity contribution in [3.8, 4) is 0 Å². The Morgan fingerprint density at radius 1 is 0.912 bits per heavy atom. The van der Waals surface area contributed by atoms with Gasteiger partial charge >= 0.3 is 6.09 Å². The number of hydrogen-bond acceptors (Lipinski definition) is 10. The minimum Gasteiger partial charge on any atom is -0.449 e. The van der Waals surface area contributed by atoms with E-state index in [0.717, 1.165) is 50.0 Å². The summed E-state index contributed by atoms with van der Waals surface area (Å²) in [6.07, 6.45) is 5.75. The van der Waals surface area contributed by atoms with Gasteiger partial charge in [-0.05, 0) is 68.4 Å². The van der Waals surface area contributed by atoms with Crippen LogP contribution in [0.15, 0.2) is 30.3 Å². The molecule has 0 radical (unpaired) electrons. The Labute approximate surface area is 345 Å². The van der Waals surface area contributed by atoms with E-state index in [-0.39, 0.29) is 42.7 Å². The van der Waals surface area contributed by atoms with Gasteiger partial charge in [0.15, 0.2) is 0 Å². The summed E-state index contributed by atoms with van der Waals surface area (Å²) in [5.74, 6) is -2.11. The second-order valence-electron chi connectivity index (χ2n) is 16.0. The molecule has 1 aromatic carbocycles. The third kappa shape index (κ3) is 12.8. The van der Waals surface area contributed by atoms with E-state index in [1.54, 1.807) is 65.8 Å². The molecule has 1 aromatic rings. The third-order valence-electron chi connectivity index (χ3n) is 10.8. The van der Waals surface area contributed by atoms with Gasteiger partial charge in [0, 0.05) is 26.1 Å². The lowest BCUT2D eigenvalue weighted by molar-refractivity contribution is -0.143. The number of Topliss-reactive ketones (excluding diaryl/α,β-unsaturated/α-hetero) is 1. The number of carbonyl (C=O) groups is 7. The normalized spacial score (nSPS) is 19.6. The lowest BCUT2D eigenvalue weighted by Crippen LogP contribution is -2.58. The zero-order chi connectivity index (χ0) is 41.7. The molecule has 57 heavy (non-hydrogen) atoms. The molecule has 0 aromatic heterocycles. The Morgan fingerprint density at radius 2 is 1.58 bits per heavy atom. The lowest BCUT2D eigenvalue weighted by atomic mass is 9.83. The molecule has 2 aliphatic heterocycles. The van der Waals surface area contributed by atoms with Crippen LogP contribution in [0.4, 0.5) is 4.79 Å². The molecule has 4 atom stereocenters. The van der Waals surface area contributed by atoms with Crippen LogP contribution >= 0.6 is 23.5 Å².